The smallest absolute Gasteiger partial charge is 0.356 e. The van der Waals surface area contributed by atoms with Crippen LogP contribution in [0.1, 0.15) is 36.3 Å². The van der Waals surface area contributed by atoms with Crippen molar-refractivity contribution < 1.29 is 36.3 Å². The Labute approximate surface area is 199 Å². The van der Waals surface area contributed by atoms with E-state index >= 15 is 0 Å². The molecular formula is C25H25F5N2O3. The molecule has 2 saturated heterocycles. The number of nitrogens with zero attached hydrogens (tertiary/aromatic N) is 1. The Morgan fingerprint density at radius 2 is 1.63 bits per heavy atom. The molecule has 4 rings (SSSR count). The molecule has 0 bridgehead atoms. The molecule has 1 spiro atoms. The van der Waals surface area contributed by atoms with E-state index < -0.39 is 40.7 Å². The molecule has 10 heteroatoms. The van der Waals surface area contributed by atoms with Gasteiger partial charge in [-0.1, -0.05) is 36.4 Å². The van der Waals surface area contributed by atoms with E-state index in [0.717, 1.165) is 24.1 Å². The number of piperidine rings is 2. The maximum absolute atomic E-state index is 14.6. The first-order chi connectivity index (χ1) is 16.6. The number of hydrogen-bond acceptors (Lipinski definition) is 3. The maximum atomic E-state index is 14.6. The van der Waals surface area contributed by atoms with Gasteiger partial charge in [-0.05, 0) is 30.4 Å². The summed E-state index contributed by atoms with van der Waals surface area (Å²) in [7, 11) is 0.840. The van der Waals surface area contributed by atoms with Crippen LogP contribution in [0.25, 0.3) is 0 Å². The number of benzene rings is 2. The van der Waals surface area contributed by atoms with Gasteiger partial charge in [0.2, 0.25) is 5.91 Å². The summed E-state index contributed by atoms with van der Waals surface area (Å²) in [4.78, 5) is 26.7. The predicted molar refractivity (Wildman–Crippen MR) is 116 cm³/mol. The van der Waals surface area contributed by atoms with Crippen molar-refractivity contribution in [1.29, 1.82) is 0 Å². The number of ether oxygens (including phenoxy) is 1. The monoisotopic (exact) mass is 496 g/mol. The third-order valence-electron chi connectivity index (χ3n) is 7.34. The minimum absolute atomic E-state index is 0.000786. The number of carbonyl (C=O) groups excluding carboxylic acids is 2. The summed E-state index contributed by atoms with van der Waals surface area (Å²) in [6.45, 7) is -0.237. The number of halogens is 5. The number of nitrogens with one attached hydrogen (secondary N) is 1. The largest absolute Gasteiger partial charge is 0.430 e. The average molecular weight is 496 g/mol. The van der Waals surface area contributed by atoms with Crippen molar-refractivity contribution in [2.45, 2.75) is 37.0 Å². The maximum Gasteiger partial charge on any atom is 0.430 e. The van der Waals surface area contributed by atoms with Gasteiger partial charge >= 0.3 is 6.18 Å². The minimum atomic E-state index is -5.04. The van der Waals surface area contributed by atoms with Crippen LogP contribution in [0.4, 0.5) is 22.0 Å². The Balaban J connectivity index is 1.65. The molecule has 2 aliphatic rings. The predicted octanol–water partition coefficient (Wildman–Crippen LogP) is 4.28. The molecule has 2 amide bonds. The van der Waals surface area contributed by atoms with Crippen LogP contribution in [0.5, 0.6) is 0 Å². The van der Waals surface area contributed by atoms with Crippen molar-refractivity contribution in [3.05, 3.63) is 71.3 Å². The average Bonchev–Trinajstić information content (AvgIpc) is 2.81. The molecular weight excluding hydrogens is 471 g/mol. The highest BCUT2D eigenvalue weighted by Gasteiger charge is 2.64. The third-order valence-corrected chi connectivity index (χ3v) is 7.34. The van der Waals surface area contributed by atoms with Gasteiger partial charge in [0.05, 0.1) is 0 Å². The first-order valence-corrected chi connectivity index (χ1v) is 11.2. The van der Waals surface area contributed by atoms with Crippen LogP contribution < -0.4 is 5.32 Å². The summed E-state index contributed by atoms with van der Waals surface area (Å²) in [6.07, 6.45) is -4.87. The van der Waals surface area contributed by atoms with Crippen molar-refractivity contribution >= 4 is 11.8 Å². The van der Waals surface area contributed by atoms with Gasteiger partial charge in [-0.3, -0.25) is 9.59 Å². The summed E-state index contributed by atoms with van der Waals surface area (Å²) in [5.41, 5.74) is -4.59. The Morgan fingerprint density at radius 1 is 1.03 bits per heavy atom. The zero-order valence-electron chi connectivity index (χ0n) is 19.0. The topological polar surface area (TPSA) is 58.6 Å². The second-order valence-electron chi connectivity index (χ2n) is 9.07. The lowest BCUT2D eigenvalue weighted by atomic mass is 9.62. The quantitative estimate of drug-likeness (QED) is 0.643. The summed E-state index contributed by atoms with van der Waals surface area (Å²) in [5, 5.41) is 2.64. The Hall–Kier alpha value is -3.01. The van der Waals surface area contributed by atoms with Gasteiger partial charge in [0.25, 0.3) is 11.5 Å². The van der Waals surface area contributed by atoms with E-state index in [1.165, 1.54) is 36.4 Å². The van der Waals surface area contributed by atoms with Crippen LogP contribution in [0.3, 0.4) is 0 Å². The third kappa shape index (κ3) is 4.17. The highest BCUT2D eigenvalue weighted by molar-refractivity contribution is 5.88. The van der Waals surface area contributed by atoms with E-state index in [9.17, 15) is 31.5 Å². The number of methoxy groups -OCH3 is 1. The highest BCUT2D eigenvalue weighted by atomic mass is 19.4. The van der Waals surface area contributed by atoms with Gasteiger partial charge in [0.15, 0.2) is 0 Å². The molecule has 0 saturated carbocycles. The minimum Gasteiger partial charge on any atom is -0.356 e. The first kappa shape index (κ1) is 25.1. The van der Waals surface area contributed by atoms with Crippen LogP contribution in [0.15, 0.2) is 48.5 Å². The van der Waals surface area contributed by atoms with E-state index in [1.54, 1.807) is 0 Å². The van der Waals surface area contributed by atoms with Gasteiger partial charge < -0.3 is 15.0 Å². The fourth-order valence-corrected chi connectivity index (χ4v) is 5.49. The van der Waals surface area contributed by atoms with Crippen LogP contribution >= 0.6 is 0 Å². The molecule has 2 atom stereocenters. The standard InChI is InChI=1S/C25H25F5N2O3/c1-35-24(25(28,29)30,16-6-3-2-4-7-16)22(34)32-12-10-23(11-13-32)14-20(33)31-15-17(23)21-18(26)8-5-9-19(21)27/h2-9,17H,10-15H2,1H3,(H,31,33)/t17-,24+/m0/s1. The Morgan fingerprint density at radius 3 is 2.17 bits per heavy atom. The molecule has 2 aromatic carbocycles. The van der Waals surface area contributed by atoms with E-state index in [1.807, 2.05) is 0 Å². The van der Waals surface area contributed by atoms with E-state index in [-0.39, 0.29) is 55.9 Å². The van der Waals surface area contributed by atoms with Crippen molar-refractivity contribution in [2.75, 3.05) is 26.7 Å². The van der Waals surface area contributed by atoms with Crippen molar-refractivity contribution in [2.24, 2.45) is 5.41 Å². The van der Waals surface area contributed by atoms with Crippen molar-refractivity contribution in [3.63, 3.8) is 0 Å². The summed E-state index contributed by atoms with van der Waals surface area (Å²) in [6, 6.07) is 10.2. The number of amides is 2. The lowest BCUT2D eigenvalue weighted by molar-refractivity contribution is -0.271. The number of likely N-dealkylation sites (tertiary alicyclic amines) is 1. The second-order valence-corrected chi connectivity index (χ2v) is 9.07. The molecule has 0 aliphatic carbocycles. The zero-order chi connectivity index (χ0) is 25.4. The summed E-state index contributed by atoms with van der Waals surface area (Å²) >= 11 is 0. The first-order valence-electron chi connectivity index (χ1n) is 11.2. The normalized spacial score (nSPS) is 21.9. The molecule has 2 fully saturated rings. The number of hydrogen-bond donors (Lipinski definition) is 1. The molecule has 0 radical (unpaired) electrons. The van der Waals surface area contributed by atoms with Crippen LogP contribution in [-0.4, -0.2) is 49.6 Å². The number of rotatable bonds is 4. The van der Waals surface area contributed by atoms with Gasteiger partial charge in [-0.15, -0.1) is 0 Å². The SMILES string of the molecule is CO[C@@](C(=O)N1CCC2(CC1)CC(=O)NC[C@H]2c1c(F)cccc1F)(c1ccccc1)C(F)(F)F. The zero-order valence-corrected chi connectivity index (χ0v) is 19.0. The van der Waals surface area contributed by atoms with Gasteiger partial charge in [-0.25, -0.2) is 8.78 Å². The Kier molecular flexibility index (Phi) is 6.61. The van der Waals surface area contributed by atoms with Gasteiger partial charge in [0, 0.05) is 50.2 Å². The van der Waals surface area contributed by atoms with Crippen LogP contribution in [0.2, 0.25) is 0 Å². The second kappa shape index (κ2) is 9.22. The fraction of sp³-hybridized carbons (Fsp3) is 0.440. The molecule has 1 N–H and O–H groups in total. The van der Waals surface area contributed by atoms with Crippen molar-refractivity contribution in [3.8, 4) is 0 Å². The number of alkyl halides is 3. The highest BCUT2D eigenvalue weighted by Crippen LogP contribution is 2.51. The lowest BCUT2D eigenvalue weighted by Gasteiger charge is -2.50. The number of carbonyl (C=O) groups is 2. The fourth-order valence-electron chi connectivity index (χ4n) is 5.49. The molecule has 0 unspecified atom stereocenters. The molecule has 5 nitrogen and oxygen atoms in total. The summed E-state index contributed by atoms with van der Waals surface area (Å²) < 4.78 is 77.2. The molecule has 2 heterocycles. The summed E-state index contributed by atoms with van der Waals surface area (Å²) in [5.74, 6) is -3.78. The molecule has 2 aromatic rings. The lowest BCUT2D eigenvalue weighted by Crippen LogP contribution is -2.60. The van der Waals surface area contributed by atoms with Crippen molar-refractivity contribution in [1.82, 2.24) is 10.2 Å². The van der Waals surface area contributed by atoms with Gasteiger partial charge in [-0.2, -0.15) is 13.2 Å². The van der Waals surface area contributed by atoms with E-state index in [0.29, 0.717) is 0 Å². The molecule has 188 valence electrons. The van der Waals surface area contributed by atoms with E-state index in [4.69, 9.17) is 4.74 Å². The molecule has 35 heavy (non-hydrogen) atoms. The van der Waals surface area contributed by atoms with Crippen LogP contribution in [-0.2, 0) is 19.9 Å². The van der Waals surface area contributed by atoms with Crippen LogP contribution in [0, 0.1) is 17.0 Å². The molecule has 0 aromatic heterocycles. The Bertz CT molecular complexity index is 1080. The van der Waals surface area contributed by atoms with Gasteiger partial charge in [0.1, 0.15) is 11.6 Å². The molecule has 2 aliphatic heterocycles. The van der Waals surface area contributed by atoms with E-state index in [2.05, 4.69) is 5.32 Å².